The molecule has 0 heterocycles. The molecule has 1 aromatic rings. The fourth-order valence-corrected chi connectivity index (χ4v) is 1.82. The van der Waals surface area contributed by atoms with Crippen LogP contribution in [0.4, 0.5) is 10.5 Å². The Morgan fingerprint density at radius 1 is 1.43 bits per heavy atom. The Hall–Kier alpha value is -2.08. The number of benzene rings is 1. The molecule has 1 rings (SSSR count). The molecule has 21 heavy (non-hydrogen) atoms. The number of ether oxygens (including phenoxy) is 1. The Kier molecular flexibility index (Phi) is 6.68. The molecule has 2 amide bonds. The first-order chi connectivity index (χ1) is 9.97. The summed E-state index contributed by atoms with van der Waals surface area (Å²) in [6.07, 6.45) is 0.127. The van der Waals surface area contributed by atoms with Gasteiger partial charge in [0.2, 0.25) is 0 Å². The molecule has 6 nitrogen and oxygen atoms in total. The van der Waals surface area contributed by atoms with Crippen LogP contribution in [0.3, 0.4) is 0 Å². The maximum Gasteiger partial charge on any atom is 0.325 e. The first-order valence-electron chi connectivity index (χ1n) is 6.88. The van der Waals surface area contributed by atoms with Crippen molar-refractivity contribution in [1.29, 1.82) is 0 Å². The number of carbonyl (C=O) groups is 2. The van der Waals surface area contributed by atoms with E-state index in [0.717, 1.165) is 6.42 Å². The minimum atomic E-state index is -0.608. The number of hydrogen-bond donors (Lipinski definition) is 2. The molecule has 6 heteroatoms. The van der Waals surface area contributed by atoms with Gasteiger partial charge >= 0.3 is 12.0 Å². The quantitative estimate of drug-likeness (QED) is 0.788. The maximum atomic E-state index is 12.2. The molecule has 0 bridgehead atoms. The van der Waals surface area contributed by atoms with E-state index in [4.69, 9.17) is 0 Å². The lowest BCUT2D eigenvalue weighted by Gasteiger charge is -2.21. The number of nitrogens with one attached hydrogen (secondary N) is 1. The molecular formula is C15H22N2O4. The number of hydrogen-bond acceptors (Lipinski definition) is 4. The van der Waals surface area contributed by atoms with E-state index in [1.807, 2.05) is 6.92 Å². The average molecular weight is 294 g/mol. The number of aliphatic hydroxyl groups is 1. The molecule has 0 aliphatic carbocycles. The van der Waals surface area contributed by atoms with Gasteiger partial charge in [0, 0.05) is 12.2 Å². The van der Waals surface area contributed by atoms with E-state index in [9.17, 15) is 14.7 Å². The SMILES string of the molecule is CCCN(CC(=O)OC)C(=O)Nc1cccc(C(C)O)c1. The molecule has 116 valence electrons. The van der Waals surface area contributed by atoms with Crippen molar-refractivity contribution in [3.63, 3.8) is 0 Å². The number of esters is 1. The third kappa shape index (κ3) is 5.43. The third-order valence-electron chi connectivity index (χ3n) is 2.95. The molecule has 0 saturated carbocycles. The number of methoxy groups -OCH3 is 1. The number of carbonyl (C=O) groups excluding carboxylic acids is 2. The number of amides is 2. The van der Waals surface area contributed by atoms with Crippen molar-refractivity contribution >= 4 is 17.7 Å². The van der Waals surface area contributed by atoms with E-state index in [1.54, 1.807) is 31.2 Å². The molecule has 1 aromatic carbocycles. The second-order valence-corrected chi connectivity index (χ2v) is 4.73. The lowest BCUT2D eigenvalue weighted by atomic mass is 10.1. The van der Waals surface area contributed by atoms with Crippen LogP contribution >= 0.6 is 0 Å². The van der Waals surface area contributed by atoms with Crippen LogP contribution < -0.4 is 5.32 Å². The summed E-state index contributed by atoms with van der Waals surface area (Å²) in [4.78, 5) is 24.9. The largest absolute Gasteiger partial charge is 0.468 e. The van der Waals surface area contributed by atoms with Crippen molar-refractivity contribution in [3.8, 4) is 0 Å². The molecule has 1 unspecified atom stereocenters. The fraction of sp³-hybridized carbons (Fsp3) is 0.467. The maximum absolute atomic E-state index is 12.2. The fourth-order valence-electron chi connectivity index (χ4n) is 1.82. The highest BCUT2D eigenvalue weighted by atomic mass is 16.5. The van der Waals surface area contributed by atoms with E-state index in [2.05, 4.69) is 10.1 Å². The van der Waals surface area contributed by atoms with Gasteiger partial charge < -0.3 is 20.1 Å². The molecule has 2 N–H and O–H groups in total. The van der Waals surface area contributed by atoms with Crippen molar-refractivity contribution < 1.29 is 19.4 Å². The average Bonchev–Trinajstić information content (AvgIpc) is 2.46. The number of anilines is 1. The predicted molar refractivity (Wildman–Crippen MR) is 80.0 cm³/mol. The summed E-state index contributed by atoms with van der Waals surface area (Å²) in [6.45, 7) is 3.94. The molecule has 0 fully saturated rings. The highest BCUT2D eigenvalue weighted by Gasteiger charge is 2.17. The van der Waals surface area contributed by atoms with Gasteiger partial charge in [0.15, 0.2) is 0 Å². The van der Waals surface area contributed by atoms with Crippen LogP contribution in [-0.2, 0) is 9.53 Å². The van der Waals surface area contributed by atoms with Gasteiger partial charge in [0.05, 0.1) is 13.2 Å². The number of rotatable bonds is 6. The van der Waals surface area contributed by atoms with Crippen LogP contribution in [0.1, 0.15) is 31.9 Å². The molecule has 0 saturated heterocycles. The second-order valence-electron chi connectivity index (χ2n) is 4.73. The molecule has 0 aromatic heterocycles. The van der Waals surface area contributed by atoms with Gasteiger partial charge in [-0.15, -0.1) is 0 Å². The minimum Gasteiger partial charge on any atom is -0.468 e. The van der Waals surface area contributed by atoms with Crippen molar-refractivity contribution in [2.45, 2.75) is 26.4 Å². The van der Waals surface area contributed by atoms with Crippen molar-refractivity contribution in [1.82, 2.24) is 4.90 Å². The second kappa shape index (κ2) is 8.26. The van der Waals surface area contributed by atoms with Crippen LogP contribution in [0.5, 0.6) is 0 Å². The van der Waals surface area contributed by atoms with Gasteiger partial charge in [0.25, 0.3) is 0 Å². The van der Waals surface area contributed by atoms with E-state index in [1.165, 1.54) is 12.0 Å². The summed E-state index contributed by atoms with van der Waals surface area (Å²) in [7, 11) is 1.29. The van der Waals surface area contributed by atoms with E-state index < -0.39 is 12.1 Å². The Labute approximate surface area is 124 Å². The number of aliphatic hydroxyl groups excluding tert-OH is 1. The summed E-state index contributed by atoms with van der Waals surface area (Å²) < 4.78 is 4.58. The number of nitrogens with zero attached hydrogens (tertiary/aromatic N) is 1. The van der Waals surface area contributed by atoms with Gasteiger partial charge in [-0.05, 0) is 31.0 Å². The summed E-state index contributed by atoms with van der Waals surface area (Å²) in [5, 5.41) is 12.3. The van der Waals surface area contributed by atoms with Crippen LogP contribution in [0, 0.1) is 0 Å². The van der Waals surface area contributed by atoms with Crippen molar-refractivity contribution in [2.75, 3.05) is 25.5 Å². The zero-order valence-electron chi connectivity index (χ0n) is 12.6. The summed E-state index contributed by atoms with van der Waals surface area (Å²) >= 11 is 0. The zero-order valence-corrected chi connectivity index (χ0v) is 12.6. The lowest BCUT2D eigenvalue weighted by molar-refractivity contribution is -0.141. The van der Waals surface area contributed by atoms with Gasteiger partial charge in [0.1, 0.15) is 6.54 Å². The minimum absolute atomic E-state index is 0.0910. The Morgan fingerprint density at radius 2 is 2.14 bits per heavy atom. The lowest BCUT2D eigenvalue weighted by Crippen LogP contribution is -2.39. The van der Waals surface area contributed by atoms with Crippen LogP contribution in [0.25, 0.3) is 0 Å². The monoisotopic (exact) mass is 294 g/mol. The molecule has 0 spiro atoms. The zero-order chi connectivity index (χ0) is 15.8. The van der Waals surface area contributed by atoms with Crippen LogP contribution in [0.2, 0.25) is 0 Å². The van der Waals surface area contributed by atoms with Crippen molar-refractivity contribution in [3.05, 3.63) is 29.8 Å². The smallest absolute Gasteiger partial charge is 0.325 e. The van der Waals surface area contributed by atoms with E-state index >= 15 is 0 Å². The molecule has 0 radical (unpaired) electrons. The third-order valence-corrected chi connectivity index (χ3v) is 2.95. The number of urea groups is 1. The summed E-state index contributed by atoms with van der Waals surface area (Å²) in [5.41, 5.74) is 1.28. The molecule has 1 atom stereocenters. The van der Waals surface area contributed by atoms with Gasteiger partial charge in [-0.25, -0.2) is 4.79 Å². The predicted octanol–water partition coefficient (Wildman–Crippen LogP) is 2.16. The van der Waals surface area contributed by atoms with Gasteiger partial charge in [-0.3, -0.25) is 4.79 Å². The Balaban J connectivity index is 2.76. The first kappa shape index (κ1) is 17.0. The van der Waals surface area contributed by atoms with Gasteiger partial charge in [-0.1, -0.05) is 19.1 Å². The summed E-state index contributed by atoms with van der Waals surface area (Å²) in [5.74, 6) is -0.462. The first-order valence-corrected chi connectivity index (χ1v) is 6.88. The van der Waals surface area contributed by atoms with Crippen LogP contribution in [-0.4, -0.2) is 42.2 Å². The topological polar surface area (TPSA) is 78.9 Å². The standard InChI is InChI=1S/C15H22N2O4/c1-4-8-17(10-14(19)21-3)15(20)16-13-7-5-6-12(9-13)11(2)18/h5-7,9,11,18H,4,8,10H2,1-3H3,(H,16,20). The van der Waals surface area contributed by atoms with Crippen LogP contribution in [0.15, 0.2) is 24.3 Å². The van der Waals surface area contributed by atoms with Gasteiger partial charge in [-0.2, -0.15) is 0 Å². The summed E-state index contributed by atoms with van der Waals surface area (Å²) in [6, 6.07) is 6.59. The molecular weight excluding hydrogens is 272 g/mol. The molecule has 0 aliphatic rings. The highest BCUT2D eigenvalue weighted by Crippen LogP contribution is 2.17. The molecule has 0 aliphatic heterocycles. The normalized spacial score (nSPS) is 11.6. The Morgan fingerprint density at radius 3 is 2.71 bits per heavy atom. The van der Waals surface area contributed by atoms with E-state index in [-0.39, 0.29) is 12.6 Å². The van der Waals surface area contributed by atoms with Crippen molar-refractivity contribution in [2.24, 2.45) is 0 Å². The van der Waals surface area contributed by atoms with E-state index in [0.29, 0.717) is 17.8 Å². The Bertz CT molecular complexity index is 488. The highest BCUT2D eigenvalue weighted by molar-refractivity contribution is 5.91.